The van der Waals surface area contributed by atoms with Gasteiger partial charge in [-0.15, -0.1) is 0 Å². The molecule has 1 aliphatic carbocycles. The first-order chi connectivity index (χ1) is 13.6. The molecule has 1 nitrogen and oxygen atoms in total. The summed E-state index contributed by atoms with van der Waals surface area (Å²) in [5, 5.41) is 2.53. The second kappa shape index (κ2) is 8.87. The molecule has 0 N–H and O–H groups in total. The van der Waals surface area contributed by atoms with Gasteiger partial charge in [0.15, 0.2) is 0 Å². The Balaban J connectivity index is 0.00000128. The van der Waals surface area contributed by atoms with Gasteiger partial charge in [-0.2, -0.15) is 0 Å². The molecular formula is C26H21Cl2OTi. The predicted octanol–water partition coefficient (Wildman–Crippen LogP) is 0.722. The van der Waals surface area contributed by atoms with Gasteiger partial charge in [-0.05, 0) is 0 Å². The predicted molar refractivity (Wildman–Crippen MR) is 111 cm³/mol. The van der Waals surface area contributed by atoms with Gasteiger partial charge in [-0.25, -0.2) is 0 Å². The first-order valence-corrected chi connectivity index (χ1v) is 10.3. The maximum Gasteiger partial charge on any atom is -1.00 e. The van der Waals surface area contributed by atoms with Crippen LogP contribution in [0.5, 0.6) is 0 Å². The van der Waals surface area contributed by atoms with Crippen molar-refractivity contribution in [3.8, 4) is 11.1 Å². The topological polar surface area (TPSA) is 9.23 Å². The zero-order valence-corrected chi connectivity index (χ0v) is 19.9. The summed E-state index contributed by atoms with van der Waals surface area (Å²) in [4.78, 5) is 0. The number of fused-ring (bicyclic) bond motifs is 4. The number of hydrogen-bond donors (Lipinski definition) is 0. The summed E-state index contributed by atoms with van der Waals surface area (Å²) < 4.78 is 6.01. The zero-order chi connectivity index (χ0) is 19.3. The molecule has 0 amide bonds. The van der Waals surface area contributed by atoms with Crippen LogP contribution in [-0.2, 0) is 29.7 Å². The normalized spacial score (nSPS) is 12.7. The van der Waals surface area contributed by atoms with Crippen LogP contribution in [0.25, 0.3) is 21.9 Å². The molecule has 149 valence electrons. The second-order valence-corrected chi connectivity index (χ2v) is 8.29. The van der Waals surface area contributed by atoms with Crippen LogP contribution < -0.4 is 24.8 Å². The summed E-state index contributed by atoms with van der Waals surface area (Å²) in [7, 11) is 0. The molecule has 0 saturated heterocycles. The second-order valence-electron chi connectivity index (χ2n) is 7.97. The molecule has 1 aliphatic rings. The van der Waals surface area contributed by atoms with Gasteiger partial charge in [0.05, 0.1) is 0 Å². The zero-order valence-electron chi connectivity index (χ0n) is 16.8. The van der Waals surface area contributed by atoms with Gasteiger partial charge >= 0.3 is 179 Å². The van der Waals surface area contributed by atoms with Crippen molar-refractivity contribution in [2.75, 3.05) is 0 Å². The SMILES string of the molecule is CC(C)([O][Ti+2])c1c(C2c3ccccc3-c3ccccc32)ccc2ccccc12.[Cl-].[Cl-]. The molecule has 0 radical (unpaired) electrons. The summed E-state index contributed by atoms with van der Waals surface area (Å²) in [5.41, 5.74) is 7.68. The van der Waals surface area contributed by atoms with Gasteiger partial charge in [-0.1, -0.05) is 0 Å². The van der Waals surface area contributed by atoms with Gasteiger partial charge in [0.25, 0.3) is 0 Å². The number of rotatable bonds is 3. The Morgan fingerprint density at radius 1 is 0.667 bits per heavy atom. The Hall–Kier alpha value is -1.61. The summed E-state index contributed by atoms with van der Waals surface area (Å²) in [5.74, 6) is 0.224. The van der Waals surface area contributed by atoms with Crippen molar-refractivity contribution in [2.24, 2.45) is 0 Å². The van der Waals surface area contributed by atoms with Crippen LogP contribution in [0, 0.1) is 0 Å². The van der Waals surface area contributed by atoms with Crippen molar-refractivity contribution in [2.45, 2.75) is 25.4 Å². The molecule has 0 heterocycles. The fourth-order valence-corrected chi connectivity index (χ4v) is 4.90. The first-order valence-electron chi connectivity index (χ1n) is 9.67. The average Bonchev–Trinajstić information content (AvgIpc) is 3.07. The third kappa shape index (κ3) is 3.53. The van der Waals surface area contributed by atoms with E-state index in [1.165, 1.54) is 44.2 Å². The van der Waals surface area contributed by atoms with Crippen LogP contribution in [0.15, 0.2) is 84.9 Å². The Kier molecular flexibility index (Phi) is 6.82. The summed E-state index contributed by atoms with van der Waals surface area (Å²) >= 11 is 1.81. The number of benzene rings is 4. The molecule has 4 aromatic carbocycles. The molecule has 4 aromatic rings. The maximum absolute atomic E-state index is 6.01. The molecule has 0 saturated carbocycles. The number of halogens is 2. The largest absolute Gasteiger partial charge is 1.00 e. The number of hydrogen-bond acceptors (Lipinski definition) is 1. The molecule has 0 aromatic heterocycles. The van der Waals surface area contributed by atoms with E-state index in [0.717, 1.165) is 0 Å². The van der Waals surface area contributed by atoms with E-state index in [4.69, 9.17) is 3.32 Å². The van der Waals surface area contributed by atoms with Crippen LogP contribution in [0.1, 0.15) is 42.0 Å². The van der Waals surface area contributed by atoms with Crippen molar-refractivity contribution in [1.82, 2.24) is 0 Å². The van der Waals surface area contributed by atoms with Crippen molar-refractivity contribution in [3.05, 3.63) is 107 Å². The van der Waals surface area contributed by atoms with E-state index in [1.54, 1.807) is 0 Å². The van der Waals surface area contributed by atoms with Crippen LogP contribution in [0.3, 0.4) is 0 Å². The van der Waals surface area contributed by atoms with Gasteiger partial charge in [-0.3, -0.25) is 0 Å². The van der Waals surface area contributed by atoms with E-state index in [1.807, 2.05) is 20.8 Å². The molecule has 30 heavy (non-hydrogen) atoms. The van der Waals surface area contributed by atoms with E-state index in [2.05, 4.69) is 98.8 Å². The Labute approximate surface area is 202 Å². The minimum atomic E-state index is -0.386. The maximum atomic E-state index is 6.01. The molecular weight excluding hydrogens is 447 g/mol. The first kappa shape index (κ1) is 23.1. The third-order valence-corrected chi connectivity index (χ3v) is 6.76. The van der Waals surface area contributed by atoms with Crippen molar-refractivity contribution in [1.29, 1.82) is 0 Å². The van der Waals surface area contributed by atoms with Crippen LogP contribution >= 0.6 is 0 Å². The van der Waals surface area contributed by atoms with Gasteiger partial charge in [0.1, 0.15) is 0 Å². The van der Waals surface area contributed by atoms with Gasteiger partial charge < -0.3 is 24.8 Å². The molecule has 0 fully saturated rings. The standard InChI is InChI=1S/C26H21O.2ClH.Ti/c1-26(2,27)25-18-10-4-3-9-17(18)15-16-23(25)24-21-13-7-5-11-19(21)20-12-6-8-14-22(20)24;;;/h3-16,24H,1-2H3;2*1H;/q-1;;;+3/p-2. The minimum absolute atomic E-state index is 0. The van der Waals surface area contributed by atoms with E-state index in [-0.39, 0.29) is 36.3 Å². The monoisotopic (exact) mass is 467 g/mol. The molecule has 0 spiro atoms. The van der Waals surface area contributed by atoms with Crippen molar-refractivity contribution in [3.63, 3.8) is 0 Å². The van der Waals surface area contributed by atoms with E-state index >= 15 is 0 Å². The van der Waals surface area contributed by atoms with Gasteiger partial charge in [0.2, 0.25) is 0 Å². The fraction of sp³-hybridized carbons (Fsp3) is 0.154. The molecule has 0 bridgehead atoms. The fourth-order valence-electron chi connectivity index (χ4n) is 4.74. The van der Waals surface area contributed by atoms with E-state index in [9.17, 15) is 0 Å². The van der Waals surface area contributed by atoms with Crippen LogP contribution in [0.2, 0.25) is 0 Å². The molecule has 4 heteroatoms. The average molecular weight is 468 g/mol. The van der Waals surface area contributed by atoms with Crippen molar-refractivity contribution < 1.29 is 49.0 Å². The molecule has 0 unspecified atom stereocenters. The van der Waals surface area contributed by atoms with E-state index in [0.29, 0.717) is 0 Å². The molecule has 5 rings (SSSR count). The summed E-state index contributed by atoms with van der Waals surface area (Å²) in [6, 6.07) is 30.8. The third-order valence-electron chi connectivity index (χ3n) is 5.96. The van der Waals surface area contributed by atoms with Crippen LogP contribution in [0.4, 0.5) is 0 Å². The molecule has 0 aliphatic heterocycles. The Morgan fingerprint density at radius 2 is 1.20 bits per heavy atom. The van der Waals surface area contributed by atoms with Crippen molar-refractivity contribution >= 4 is 10.8 Å². The Bertz CT molecular complexity index is 1160. The smallest absolute Gasteiger partial charge is 1.00 e. The Morgan fingerprint density at radius 3 is 1.80 bits per heavy atom. The van der Waals surface area contributed by atoms with Gasteiger partial charge in [0, 0.05) is 0 Å². The summed E-state index contributed by atoms with van der Waals surface area (Å²) in [6.45, 7) is 4.34. The minimum Gasteiger partial charge on any atom is -1.00 e. The quantitative estimate of drug-likeness (QED) is 0.355. The van der Waals surface area contributed by atoms with E-state index < -0.39 is 0 Å². The molecule has 0 atom stereocenters. The van der Waals surface area contributed by atoms with Crippen LogP contribution in [-0.4, -0.2) is 0 Å². The summed E-state index contributed by atoms with van der Waals surface area (Å²) in [6.07, 6.45) is 0.